The van der Waals surface area contributed by atoms with E-state index in [1.807, 2.05) is 0 Å². The summed E-state index contributed by atoms with van der Waals surface area (Å²) in [5, 5.41) is 1.46. The maximum Gasteiger partial charge on any atom is 0.0483 e. The topological polar surface area (TPSA) is 4.93 Å². The van der Waals surface area contributed by atoms with Gasteiger partial charge in [-0.05, 0) is 29.4 Å². The number of rotatable bonds is 0. The van der Waals surface area contributed by atoms with Crippen LogP contribution in [0.15, 0.2) is 36.4 Å². The highest BCUT2D eigenvalue weighted by atomic mass is 15.0. The average Bonchev–Trinajstić information content (AvgIpc) is 2.91. The van der Waals surface area contributed by atoms with Gasteiger partial charge in [0.05, 0.1) is 0 Å². The van der Waals surface area contributed by atoms with E-state index in [9.17, 15) is 0 Å². The molecule has 2 aromatic rings. The average molecular weight is 237 g/mol. The van der Waals surface area contributed by atoms with E-state index in [4.69, 9.17) is 0 Å². The highest BCUT2D eigenvalue weighted by Crippen LogP contribution is 2.54. The first-order chi connectivity index (χ1) is 8.60. The summed E-state index contributed by atoms with van der Waals surface area (Å²) in [7, 11) is 2.23. The molecule has 2 unspecified atom stereocenters. The summed E-state index contributed by atoms with van der Waals surface area (Å²) in [6.07, 6.45) is 6.17. The largest absolute Gasteiger partial charge is 0.347 e. The van der Waals surface area contributed by atoms with Crippen LogP contribution in [0, 0.1) is 5.92 Å². The molecule has 0 fully saturated rings. The molecule has 0 amide bonds. The molecule has 1 nitrogen and oxygen atoms in total. The standard InChI is InChI=1S/C17H19N/c1-17(2)12-9-8-11(10-12)16-15(17)13-6-4-5-7-14(13)18(16)3/h4-9,11-12H,10H2,1-3H3. The number of fused-ring (bicyclic) bond motifs is 6. The third-order valence-electron chi connectivity index (χ3n) is 5.16. The number of para-hydroxylation sites is 1. The number of hydrogen-bond donors (Lipinski definition) is 0. The Balaban J connectivity index is 2.18. The lowest BCUT2D eigenvalue weighted by atomic mass is 9.67. The molecule has 2 aliphatic rings. The molecule has 0 saturated carbocycles. The molecule has 18 heavy (non-hydrogen) atoms. The van der Waals surface area contributed by atoms with Crippen molar-refractivity contribution in [3.8, 4) is 0 Å². The third kappa shape index (κ3) is 1.04. The van der Waals surface area contributed by atoms with E-state index in [-0.39, 0.29) is 5.41 Å². The normalized spacial score (nSPS) is 27.7. The number of aryl methyl sites for hydroxylation is 1. The lowest BCUT2D eigenvalue weighted by Gasteiger charge is -2.37. The van der Waals surface area contributed by atoms with Crippen LogP contribution < -0.4 is 0 Å². The van der Waals surface area contributed by atoms with Gasteiger partial charge in [-0.2, -0.15) is 0 Å². The molecule has 2 bridgehead atoms. The van der Waals surface area contributed by atoms with Crippen molar-refractivity contribution < 1.29 is 0 Å². The molecule has 0 radical (unpaired) electrons. The third-order valence-corrected chi connectivity index (χ3v) is 5.16. The maximum absolute atomic E-state index is 2.44. The van der Waals surface area contributed by atoms with E-state index in [1.54, 1.807) is 11.3 Å². The highest BCUT2D eigenvalue weighted by molar-refractivity contribution is 5.87. The lowest BCUT2D eigenvalue weighted by Crippen LogP contribution is -2.31. The van der Waals surface area contributed by atoms with Crippen LogP contribution in [0.2, 0.25) is 0 Å². The fourth-order valence-electron chi connectivity index (χ4n) is 4.15. The number of hydrogen-bond acceptors (Lipinski definition) is 0. The van der Waals surface area contributed by atoms with Crippen LogP contribution in [0.4, 0.5) is 0 Å². The van der Waals surface area contributed by atoms with Crippen LogP contribution in [-0.4, -0.2) is 4.57 Å². The van der Waals surface area contributed by atoms with Gasteiger partial charge in [0.2, 0.25) is 0 Å². The fraction of sp³-hybridized carbons (Fsp3) is 0.412. The monoisotopic (exact) mass is 237 g/mol. The molecular weight excluding hydrogens is 218 g/mol. The predicted molar refractivity (Wildman–Crippen MR) is 75.9 cm³/mol. The molecule has 0 saturated heterocycles. The zero-order valence-corrected chi connectivity index (χ0v) is 11.3. The van der Waals surface area contributed by atoms with Gasteiger partial charge < -0.3 is 4.57 Å². The predicted octanol–water partition coefficient (Wildman–Crippen LogP) is 4.13. The quantitative estimate of drug-likeness (QED) is 0.607. The molecule has 0 spiro atoms. The second kappa shape index (κ2) is 3.09. The van der Waals surface area contributed by atoms with E-state index in [0.717, 1.165) is 0 Å². The van der Waals surface area contributed by atoms with Crippen LogP contribution in [0.25, 0.3) is 10.9 Å². The van der Waals surface area contributed by atoms with E-state index in [2.05, 4.69) is 61.9 Å². The molecule has 2 aliphatic carbocycles. The van der Waals surface area contributed by atoms with Crippen molar-refractivity contribution in [3.63, 3.8) is 0 Å². The SMILES string of the molecule is Cn1c2c(c3ccccc31)C(C)(C)C1C=CC2C1. The second-order valence-corrected chi connectivity index (χ2v) is 6.39. The van der Waals surface area contributed by atoms with Crippen molar-refractivity contribution in [2.45, 2.75) is 31.6 Å². The first-order valence-corrected chi connectivity index (χ1v) is 6.87. The first kappa shape index (κ1) is 10.4. The summed E-state index contributed by atoms with van der Waals surface area (Å²) < 4.78 is 2.42. The van der Waals surface area contributed by atoms with Gasteiger partial charge in [0, 0.05) is 29.6 Å². The first-order valence-electron chi connectivity index (χ1n) is 6.87. The summed E-state index contributed by atoms with van der Waals surface area (Å²) in [4.78, 5) is 0. The Morgan fingerprint density at radius 1 is 1.17 bits per heavy atom. The van der Waals surface area contributed by atoms with Crippen LogP contribution >= 0.6 is 0 Å². The summed E-state index contributed by atoms with van der Waals surface area (Å²) in [5.41, 5.74) is 4.79. The van der Waals surface area contributed by atoms with Gasteiger partial charge in [-0.3, -0.25) is 0 Å². The zero-order valence-electron chi connectivity index (χ0n) is 11.3. The molecule has 92 valence electrons. The molecule has 1 heteroatoms. The molecule has 2 atom stereocenters. The van der Waals surface area contributed by atoms with Crippen molar-refractivity contribution in [1.29, 1.82) is 0 Å². The van der Waals surface area contributed by atoms with Crippen molar-refractivity contribution in [2.24, 2.45) is 13.0 Å². The summed E-state index contributed by atoms with van der Waals surface area (Å²) in [6.45, 7) is 4.82. The Hall–Kier alpha value is -1.50. The van der Waals surface area contributed by atoms with Crippen LogP contribution in [0.1, 0.15) is 37.4 Å². The van der Waals surface area contributed by atoms with E-state index >= 15 is 0 Å². The fourth-order valence-corrected chi connectivity index (χ4v) is 4.15. The number of benzene rings is 1. The molecule has 1 aromatic carbocycles. The molecule has 0 N–H and O–H groups in total. The van der Waals surface area contributed by atoms with Gasteiger partial charge in [0.25, 0.3) is 0 Å². The lowest BCUT2D eigenvalue weighted by molar-refractivity contribution is 0.340. The summed E-state index contributed by atoms with van der Waals surface area (Å²) in [5.74, 6) is 1.34. The van der Waals surface area contributed by atoms with Gasteiger partial charge in [-0.15, -0.1) is 0 Å². The van der Waals surface area contributed by atoms with Crippen molar-refractivity contribution in [3.05, 3.63) is 47.7 Å². The Labute approximate surface area is 108 Å². The Morgan fingerprint density at radius 2 is 1.94 bits per heavy atom. The van der Waals surface area contributed by atoms with E-state index in [1.165, 1.54) is 17.3 Å². The van der Waals surface area contributed by atoms with Gasteiger partial charge in [-0.25, -0.2) is 0 Å². The van der Waals surface area contributed by atoms with Crippen molar-refractivity contribution >= 4 is 10.9 Å². The minimum atomic E-state index is 0.264. The zero-order chi connectivity index (χ0) is 12.5. The van der Waals surface area contributed by atoms with Gasteiger partial charge in [-0.1, -0.05) is 44.2 Å². The maximum atomic E-state index is 2.44. The smallest absolute Gasteiger partial charge is 0.0483 e. The van der Waals surface area contributed by atoms with Gasteiger partial charge >= 0.3 is 0 Å². The van der Waals surface area contributed by atoms with E-state index in [0.29, 0.717) is 11.8 Å². The minimum Gasteiger partial charge on any atom is -0.347 e. The van der Waals surface area contributed by atoms with Crippen molar-refractivity contribution in [1.82, 2.24) is 4.57 Å². The van der Waals surface area contributed by atoms with Crippen LogP contribution in [0.5, 0.6) is 0 Å². The second-order valence-electron chi connectivity index (χ2n) is 6.39. The Morgan fingerprint density at radius 3 is 2.78 bits per heavy atom. The number of nitrogens with zero attached hydrogens (tertiary/aromatic N) is 1. The summed E-state index contributed by atoms with van der Waals surface area (Å²) in [6, 6.07) is 8.86. The number of aromatic nitrogens is 1. The van der Waals surface area contributed by atoms with E-state index < -0.39 is 0 Å². The van der Waals surface area contributed by atoms with Crippen molar-refractivity contribution in [2.75, 3.05) is 0 Å². The Kier molecular flexibility index (Phi) is 1.79. The van der Waals surface area contributed by atoms with Gasteiger partial charge in [0.15, 0.2) is 0 Å². The Bertz CT molecular complexity index is 672. The molecule has 1 heterocycles. The van der Waals surface area contributed by atoms with Crippen LogP contribution in [0.3, 0.4) is 0 Å². The molecule has 1 aromatic heterocycles. The molecule has 4 rings (SSSR count). The van der Waals surface area contributed by atoms with Gasteiger partial charge in [0.1, 0.15) is 0 Å². The minimum absolute atomic E-state index is 0.264. The molecular formula is C17H19N. The number of allylic oxidation sites excluding steroid dienone is 2. The summed E-state index contributed by atoms with van der Waals surface area (Å²) >= 11 is 0. The highest BCUT2D eigenvalue weighted by Gasteiger charge is 2.44. The molecule has 0 aliphatic heterocycles. The van der Waals surface area contributed by atoms with Crippen LogP contribution in [-0.2, 0) is 12.5 Å².